The second-order valence-electron chi connectivity index (χ2n) is 22.9. The van der Waals surface area contributed by atoms with Crippen LogP contribution in [0.2, 0.25) is 0 Å². The Morgan fingerprint density at radius 2 is 0.731 bits per heavy atom. The van der Waals surface area contributed by atoms with Crippen molar-refractivity contribution in [2.75, 3.05) is 26.4 Å². The number of carbonyl (C=O) groups excluding carboxylic acids is 1. The molecule has 78 heavy (non-hydrogen) atoms. The van der Waals surface area contributed by atoms with Gasteiger partial charge in [-0.05, 0) is 12.8 Å². The van der Waals surface area contributed by atoms with Crippen molar-refractivity contribution in [2.24, 2.45) is 0 Å². The molecular weight excluding hydrogens is 1010 g/mol. The van der Waals surface area contributed by atoms with Crippen LogP contribution in [0.4, 0.5) is 0 Å². The molecule has 3 saturated heterocycles. The summed E-state index contributed by atoms with van der Waals surface area (Å²) in [7, 11) is 0. The van der Waals surface area contributed by atoms with Gasteiger partial charge in [-0.25, -0.2) is 0 Å². The molecule has 17 unspecified atom stereocenters. The molecule has 3 heterocycles. The van der Waals surface area contributed by atoms with E-state index < -0.39 is 124 Å². The Labute approximate surface area is 468 Å². The fourth-order valence-electron chi connectivity index (χ4n) is 11.0. The van der Waals surface area contributed by atoms with E-state index in [0.29, 0.717) is 12.8 Å². The van der Waals surface area contributed by atoms with Gasteiger partial charge in [0.15, 0.2) is 18.9 Å². The third-order valence-electron chi connectivity index (χ3n) is 16.2. The highest BCUT2D eigenvalue weighted by Gasteiger charge is 2.53. The predicted octanol–water partition coefficient (Wildman–Crippen LogP) is 5.99. The number of rotatable bonds is 47. The van der Waals surface area contributed by atoms with Gasteiger partial charge in [-0.1, -0.05) is 219 Å². The summed E-state index contributed by atoms with van der Waals surface area (Å²) in [5.74, 6) is -0.245. The first-order valence-corrected chi connectivity index (χ1v) is 31.3. The molecule has 3 rings (SSSR count). The maximum absolute atomic E-state index is 13.2. The minimum absolute atomic E-state index is 0.245. The summed E-state index contributed by atoms with van der Waals surface area (Å²) in [5.41, 5.74) is 0. The number of aliphatic hydroxyl groups is 11. The van der Waals surface area contributed by atoms with Crippen LogP contribution < -0.4 is 5.32 Å². The Morgan fingerprint density at radius 3 is 1.12 bits per heavy atom. The van der Waals surface area contributed by atoms with Gasteiger partial charge in [-0.3, -0.25) is 4.79 Å². The van der Waals surface area contributed by atoms with Gasteiger partial charge in [0.1, 0.15) is 73.2 Å². The minimum atomic E-state index is -1.97. The van der Waals surface area contributed by atoms with Gasteiger partial charge in [-0.15, -0.1) is 0 Å². The zero-order chi connectivity index (χ0) is 56.9. The van der Waals surface area contributed by atoms with Crippen LogP contribution in [0, 0.1) is 0 Å². The Morgan fingerprint density at radius 1 is 0.410 bits per heavy atom. The SMILES string of the molecule is CCCCCCCCCCCCCCCCCCCCCCCCCCCC(O)C(COC1OC(CO)C(OC2OC(CO)C(OC3OC(CO)C(O)C(O)C3O)C(O)C2O)C(O)C1O)NC(=O)CCCCCCCCCC. The van der Waals surface area contributed by atoms with Crippen molar-refractivity contribution in [3.8, 4) is 0 Å². The first-order valence-electron chi connectivity index (χ1n) is 31.3. The van der Waals surface area contributed by atoms with Gasteiger partial charge in [-0.2, -0.15) is 0 Å². The highest BCUT2D eigenvalue weighted by molar-refractivity contribution is 5.76. The summed E-state index contributed by atoms with van der Waals surface area (Å²) >= 11 is 0. The maximum atomic E-state index is 13.2. The van der Waals surface area contributed by atoms with Crippen LogP contribution in [0.25, 0.3) is 0 Å². The van der Waals surface area contributed by atoms with E-state index in [9.17, 15) is 61.0 Å². The van der Waals surface area contributed by atoms with Crippen molar-refractivity contribution in [1.29, 1.82) is 0 Å². The molecule has 3 aliphatic heterocycles. The zero-order valence-electron chi connectivity index (χ0n) is 48.2. The van der Waals surface area contributed by atoms with Crippen molar-refractivity contribution in [3.05, 3.63) is 0 Å². The van der Waals surface area contributed by atoms with Crippen LogP contribution in [0.3, 0.4) is 0 Å². The lowest BCUT2D eigenvalue weighted by molar-refractivity contribution is -0.379. The number of amides is 1. The Balaban J connectivity index is 1.40. The molecule has 1 amide bonds. The van der Waals surface area contributed by atoms with Gasteiger partial charge in [0.2, 0.25) is 5.91 Å². The second-order valence-corrected chi connectivity index (χ2v) is 22.9. The number of hydrogen-bond donors (Lipinski definition) is 12. The average Bonchev–Trinajstić information content (AvgIpc) is 3.46. The molecule has 12 N–H and O–H groups in total. The maximum Gasteiger partial charge on any atom is 0.220 e. The molecule has 0 aromatic rings. The Hall–Kier alpha value is -1.21. The molecular formula is C59H113NO18. The Kier molecular flexibility index (Phi) is 39.6. The normalized spacial score (nSPS) is 30.4. The number of nitrogens with one attached hydrogen (secondary N) is 1. The first kappa shape index (κ1) is 71.1. The fraction of sp³-hybridized carbons (Fsp3) is 0.983. The number of aliphatic hydroxyl groups excluding tert-OH is 11. The van der Waals surface area contributed by atoms with Crippen LogP contribution >= 0.6 is 0 Å². The predicted molar refractivity (Wildman–Crippen MR) is 296 cm³/mol. The molecule has 19 heteroatoms. The van der Waals surface area contributed by atoms with Crippen LogP contribution in [-0.2, 0) is 33.2 Å². The second kappa shape index (κ2) is 43.4. The van der Waals surface area contributed by atoms with Gasteiger partial charge in [0, 0.05) is 6.42 Å². The summed E-state index contributed by atoms with van der Waals surface area (Å²) in [6.07, 6.45) is 15.1. The van der Waals surface area contributed by atoms with E-state index in [1.54, 1.807) is 0 Å². The molecule has 462 valence electrons. The molecule has 3 aliphatic rings. The van der Waals surface area contributed by atoms with Gasteiger partial charge >= 0.3 is 0 Å². The summed E-state index contributed by atoms with van der Waals surface area (Å²) in [6.45, 7) is 1.77. The summed E-state index contributed by atoms with van der Waals surface area (Å²) < 4.78 is 34.3. The van der Waals surface area contributed by atoms with E-state index in [1.165, 1.54) is 161 Å². The largest absolute Gasteiger partial charge is 0.394 e. The lowest BCUT2D eigenvalue weighted by atomic mass is 9.96. The topological polar surface area (TPSA) is 307 Å². The average molecular weight is 1120 g/mol. The number of carbonyl (C=O) groups is 1. The molecule has 17 atom stereocenters. The third-order valence-corrected chi connectivity index (χ3v) is 16.2. The van der Waals surface area contributed by atoms with E-state index in [4.69, 9.17) is 28.4 Å². The smallest absolute Gasteiger partial charge is 0.220 e. The summed E-state index contributed by atoms with van der Waals surface area (Å²) in [4.78, 5) is 13.2. The molecule has 0 aromatic carbocycles. The van der Waals surface area contributed by atoms with Crippen molar-refractivity contribution in [1.82, 2.24) is 5.32 Å². The summed E-state index contributed by atoms with van der Waals surface area (Å²) in [5, 5.41) is 120. The first-order chi connectivity index (χ1) is 37.8. The number of unbranched alkanes of at least 4 members (excludes halogenated alkanes) is 31. The summed E-state index contributed by atoms with van der Waals surface area (Å²) in [6, 6.07) is -0.878. The number of ether oxygens (including phenoxy) is 6. The van der Waals surface area contributed by atoms with E-state index in [0.717, 1.165) is 44.9 Å². The van der Waals surface area contributed by atoms with Crippen molar-refractivity contribution >= 4 is 5.91 Å². The van der Waals surface area contributed by atoms with Crippen molar-refractivity contribution in [3.63, 3.8) is 0 Å². The fourth-order valence-corrected chi connectivity index (χ4v) is 11.0. The molecule has 3 fully saturated rings. The van der Waals surface area contributed by atoms with Crippen molar-refractivity contribution in [2.45, 2.75) is 343 Å². The van der Waals surface area contributed by atoms with E-state index >= 15 is 0 Å². The molecule has 0 saturated carbocycles. The highest BCUT2D eigenvalue weighted by Crippen LogP contribution is 2.33. The quantitative estimate of drug-likeness (QED) is 0.0312. The van der Waals surface area contributed by atoms with Gasteiger partial charge < -0.3 is 89.9 Å². The lowest BCUT2D eigenvalue weighted by Gasteiger charge is -2.48. The van der Waals surface area contributed by atoms with Crippen LogP contribution in [-0.4, -0.2) is 193 Å². The van der Waals surface area contributed by atoms with Gasteiger partial charge in [0.05, 0.1) is 38.6 Å². The molecule has 0 bridgehead atoms. The van der Waals surface area contributed by atoms with E-state index in [1.807, 2.05) is 0 Å². The van der Waals surface area contributed by atoms with Crippen LogP contribution in [0.5, 0.6) is 0 Å². The zero-order valence-corrected chi connectivity index (χ0v) is 48.2. The third kappa shape index (κ3) is 27.0. The highest BCUT2D eigenvalue weighted by atomic mass is 16.8. The van der Waals surface area contributed by atoms with Crippen LogP contribution in [0.1, 0.15) is 239 Å². The monoisotopic (exact) mass is 1120 g/mol. The Bertz CT molecular complexity index is 1440. The minimum Gasteiger partial charge on any atom is -0.394 e. The van der Waals surface area contributed by atoms with Crippen molar-refractivity contribution < 1.29 is 89.4 Å². The standard InChI is InChI=1S/C59H113NO18/c1-3-5-7-9-11-13-14-15-16-17-18-19-20-21-22-23-24-25-26-27-28-29-30-32-34-36-43(64)42(60-47(65)37-35-33-31-12-10-8-6-4-2)41-73-57-53(71)50(68)55(45(39-62)75-57)78-59-54(72)51(69)56(46(40-63)76-59)77-58-52(70)49(67)48(66)44(38-61)74-58/h42-46,48-59,61-64,66-72H,3-41H2,1-2H3,(H,60,65). The van der Waals surface area contributed by atoms with E-state index in [-0.39, 0.29) is 18.9 Å². The number of hydrogen-bond acceptors (Lipinski definition) is 18. The molecule has 19 nitrogen and oxygen atoms in total. The molecule has 0 spiro atoms. The van der Waals surface area contributed by atoms with Crippen LogP contribution in [0.15, 0.2) is 0 Å². The van der Waals surface area contributed by atoms with E-state index in [2.05, 4.69) is 19.2 Å². The molecule has 0 aromatic heterocycles. The molecule has 0 radical (unpaired) electrons. The molecule has 0 aliphatic carbocycles. The van der Waals surface area contributed by atoms with Gasteiger partial charge in [0.25, 0.3) is 0 Å². The lowest BCUT2D eigenvalue weighted by Crippen LogP contribution is -2.66.